The largest absolute Gasteiger partial charge is 0.466 e. The molecular formula is C17H23NO2. The molecule has 0 amide bonds. The molecule has 108 valence electrons. The van der Waals surface area contributed by atoms with E-state index in [0.717, 1.165) is 29.2 Å². The van der Waals surface area contributed by atoms with Crippen molar-refractivity contribution in [1.29, 1.82) is 0 Å². The summed E-state index contributed by atoms with van der Waals surface area (Å²) in [6.45, 7) is 6.64. The summed E-state index contributed by atoms with van der Waals surface area (Å²) >= 11 is 0. The van der Waals surface area contributed by atoms with Crippen molar-refractivity contribution in [3.63, 3.8) is 0 Å². The molecule has 1 aromatic heterocycles. The van der Waals surface area contributed by atoms with Crippen molar-refractivity contribution in [3.05, 3.63) is 59.0 Å². The zero-order valence-corrected chi connectivity index (χ0v) is 12.4. The van der Waals surface area contributed by atoms with Crippen molar-refractivity contribution in [2.24, 2.45) is 0 Å². The molecule has 0 aliphatic heterocycles. The van der Waals surface area contributed by atoms with Crippen LogP contribution in [-0.2, 0) is 13.0 Å². The lowest BCUT2D eigenvalue weighted by Gasteiger charge is -2.20. The van der Waals surface area contributed by atoms with Gasteiger partial charge in [-0.2, -0.15) is 0 Å². The number of aliphatic hydroxyl groups excluding tert-OH is 1. The lowest BCUT2D eigenvalue weighted by atomic mass is 10.0. The molecular weight excluding hydrogens is 250 g/mol. The van der Waals surface area contributed by atoms with Crippen LogP contribution in [0.2, 0.25) is 0 Å². The SMILES string of the molecule is Cc1cc(CNC(C)C(O)Cc2ccccc2)c(C)o1. The van der Waals surface area contributed by atoms with Crippen molar-refractivity contribution >= 4 is 0 Å². The molecule has 0 fully saturated rings. The zero-order valence-electron chi connectivity index (χ0n) is 12.4. The molecule has 2 atom stereocenters. The maximum absolute atomic E-state index is 10.2. The minimum atomic E-state index is -0.397. The van der Waals surface area contributed by atoms with E-state index in [1.54, 1.807) is 0 Å². The van der Waals surface area contributed by atoms with E-state index in [0.29, 0.717) is 6.42 Å². The van der Waals surface area contributed by atoms with Gasteiger partial charge >= 0.3 is 0 Å². The van der Waals surface area contributed by atoms with E-state index >= 15 is 0 Å². The molecule has 0 saturated heterocycles. The lowest BCUT2D eigenvalue weighted by Crippen LogP contribution is -2.38. The van der Waals surface area contributed by atoms with Gasteiger partial charge in [-0.15, -0.1) is 0 Å². The Bertz CT molecular complexity index is 533. The highest BCUT2D eigenvalue weighted by Crippen LogP contribution is 2.14. The Kier molecular flexibility index (Phi) is 4.99. The molecule has 1 aromatic carbocycles. The summed E-state index contributed by atoms with van der Waals surface area (Å²) in [7, 11) is 0. The molecule has 0 spiro atoms. The van der Waals surface area contributed by atoms with Crippen LogP contribution in [0.3, 0.4) is 0 Å². The first-order valence-corrected chi connectivity index (χ1v) is 7.07. The van der Waals surface area contributed by atoms with Crippen LogP contribution in [0.5, 0.6) is 0 Å². The fraction of sp³-hybridized carbons (Fsp3) is 0.412. The molecule has 3 nitrogen and oxygen atoms in total. The van der Waals surface area contributed by atoms with Crippen LogP contribution in [0.25, 0.3) is 0 Å². The highest BCUT2D eigenvalue weighted by atomic mass is 16.3. The minimum absolute atomic E-state index is 0.0322. The van der Waals surface area contributed by atoms with Crippen LogP contribution in [0, 0.1) is 13.8 Å². The molecule has 1 heterocycles. The van der Waals surface area contributed by atoms with Gasteiger partial charge in [-0.05, 0) is 38.8 Å². The second-order valence-corrected chi connectivity index (χ2v) is 5.37. The average molecular weight is 273 g/mol. The zero-order chi connectivity index (χ0) is 14.5. The van der Waals surface area contributed by atoms with E-state index in [1.807, 2.05) is 57.2 Å². The quantitative estimate of drug-likeness (QED) is 0.850. The van der Waals surface area contributed by atoms with Gasteiger partial charge in [-0.1, -0.05) is 30.3 Å². The van der Waals surface area contributed by atoms with E-state index in [9.17, 15) is 5.11 Å². The molecule has 20 heavy (non-hydrogen) atoms. The third kappa shape index (κ3) is 3.95. The maximum Gasteiger partial charge on any atom is 0.105 e. The molecule has 0 saturated carbocycles. The number of rotatable bonds is 6. The van der Waals surface area contributed by atoms with Crippen molar-refractivity contribution in [3.8, 4) is 0 Å². The molecule has 3 heteroatoms. The van der Waals surface area contributed by atoms with Crippen molar-refractivity contribution in [1.82, 2.24) is 5.32 Å². The van der Waals surface area contributed by atoms with E-state index in [-0.39, 0.29) is 6.04 Å². The van der Waals surface area contributed by atoms with Gasteiger partial charge in [0, 0.05) is 18.2 Å². The number of hydrogen-bond donors (Lipinski definition) is 2. The lowest BCUT2D eigenvalue weighted by molar-refractivity contribution is 0.134. The number of nitrogens with one attached hydrogen (secondary N) is 1. The summed E-state index contributed by atoms with van der Waals surface area (Å²) in [6, 6.07) is 12.1. The highest BCUT2D eigenvalue weighted by Gasteiger charge is 2.15. The first kappa shape index (κ1) is 14.8. The van der Waals surface area contributed by atoms with E-state index in [1.165, 1.54) is 0 Å². The first-order chi connectivity index (χ1) is 9.56. The minimum Gasteiger partial charge on any atom is -0.466 e. The van der Waals surface area contributed by atoms with Crippen molar-refractivity contribution in [2.45, 2.75) is 45.9 Å². The second kappa shape index (κ2) is 6.73. The Hall–Kier alpha value is -1.58. The normalized spacial score (nSPS) is 14.2. The van der Waals surface area contributed by atoms with Crippen LogP contribution in [0.4, 0.5) is 0 Å². The van der Waals surface area contributed by atoms with Gasteiger partial charge in [0.2, 0.25) is 0 Å². The first-order valence-electron chi connectivity index (χ1n) is 7.07. The monoisotopic (exact) mass is 273 g/mol. The van der Waals surface area contributed by atoms with Crippen LogP contribution in [0.15, 0.2) is 40.8 Å². The summed E-state index contributed by atoms with van der Waals surface area (Å²) in [5.41, 5.74) is 2.31. The third-order valence-corrected chi connectivity index (χ3v) is 3.62. The molecule has 0 aliphatic carbocycles. The molecule has 2 aromatic rings. The third-order valence-electron chi connectivity index (χ3n) is 3.62. The van der Waals surface area contributed by atoms with E-state index in [4.69, 9.17) is 4.42 Å². The van der Waals surface area contributed by atoms with Crippen LogP contribution in [0.1, 0.15) is 29.6 Å². The van der Waals surface area contributed by atoms with Gasteiger partial charge in [0.1, 0.15) is 11.5 Å². The van der Waals surface area contributed by atoms with Crippen molar-refractivity contribution < 1.29 is 9.52 Å². The number of aryl methyl sites for hydroxylation is 2. The Labute approximate surface area is 120 Å². The average Bonchev–Trinajstić information content (AvgIpc) is 2.75. The predicted octanol–water partition coefficient (Wildman–Crippen LogP) is 2.98. The molecule has 0 aliphatic rings. The molecule has 0 radical (unpaired) electrons. The Morgan fingerprint density at radius 2 is 1.90 bits per heavy atom. The second-order valence-electron chi connectivity index (χ2n) is 5.37. The number of aliphatic hydroxyl groups is 1. The molecule has 2 rings (SSSR count). The van der Waals surface area contributed by atoms with Gasteiger partial charge in [-0.3, -0.25) is 0 Å². The topological polar surface area (TPSA) is 45.4 Å². The smallest absolute Gasteiger partial charge is 0.105 e. The van der Waals surface area contributed by atoms with E-state index < -0.39 is 6.10 Å². The fourth-order valence-corrected chi connectivity index (χ4v) is 2.30. The van der Waals surface area contributed by atoms with Gasteiger partial charge < -0.3 is 14.8 Å². The molecule has 2 N–H and O–H groups in total. The van der Waals surface area contributed by atoms with E-state index in [2.05, 4.69) is 5.32 Å². The van der Waals surface area contributed by atoms with Crippen LogP contribution in [-0.4, -0.2) is 17.3 Å². The van der Waals surface area contributed by atoms with Gasteiger partial charge in [0.15, 0.2) is 0 Å². The Morgan fingerprint density at radius 1 is 1.20 bits per heavy atom. The summed E-state index contributed by atoms with van der Waals surface area (Å²) in [6.07, 6.45) is 0.268. The predicted molar refractivity (Wildman–Crippen MR) is 80.6 cm³/mol. The van der Waals surface area contributed by atoms with Gasteiger partial charge in [-0.25, -0.2) is 0 Å². The summed E-state index contributed by atoms with van der Waals surface area (Å²) in [5, 5.41) is 13.6. The van der Waals surface area contributed by atoms with Crippen molar-refractivity contribution in [2.75, 3.05) is 0 Å². The molecule has 0 bridgehead atoms. The number of furan rings is 1. The van der Waals surface area contributed by atoms with Crippen LogP contribution < -0.4 is 5.32 Å². The fourth-order valence-electron chi connectivity index (χ4n) is 2.30. The summed E-state index contributed by atoms with van der Waals surface area (Å²) in [5.74, 6) is 1.87. The summed E-state index contributed by atoms with van der Waals surface area (Å²) < 4.78 is 5.50. The maximum atomic E-state index is 10.2. The number of benzene rings is 1. The number of hydrogen-bond acceptors (Lipinski definition) is 3. The molecule has 2 unspecified atom stereocenters. The Morgan fingerprint density at radius 3 is 2.50 bits per heavy atom. The van der Waals surface area contributed by atoms with Crippen LogP contribution >= 0.6 is 0 Å². The summed E-state index contributed by atoms with van der Waals surface area (Å²) in [4.78, 5) is 0. The van der Waals surface area contributed by atoms with Gasteiger partial charge in [0.25, 0.3) is 0 Å². The highest BCUT2D eigenvalue weighted by molar-refractivity contribution is 5.20. The van der Waals surface area contributed by atoms with Gasteiger partial charge in [0.05, 0.1) is 6.10 Å². The Balaban J connectivity index is 1.85. The standard InChI is InChI=1S/C17H23NO2/c1-12-9-16(14(3)20-12)11-18-13(2)17(19)10-15-7-5-4-6-8-15/h4-9,13,17-19H,10-11H2,1-3H3.